The second kappa shape index (κ2) is 16.9. The zero-order valence-corrected chi connectivity index (χ0v) is 38.7. The smallest absolute Gasteiger partial charge is 0.0714 e. The van der Waals surface area contributed by atoms with Gasteiger partial charge in [-0.25, -0.2) is 0 Å². The van der Waals surface area contributed by atoms with Crippen molar-refractivity contribution in [1.29, 1.82) is 0 Å². The van der Waals surface area contributed by atoms with Crippen LogP contribution < -0.4 is 4.90 Å². The molecule has 0 radical (unpaired) electrons. The summed E-state index contributed by atoms with van der Waals surface area (Å²) in [4.78, 5) is 2.55. The molecular formula is C67H45NS. The van der Waals surface area contributed by atoms with E-state index in [0.29, 0.717) is 0 Å². The Morgan fingerprint density at radius 1 is 0.290 bits per heavy atom. The van der Waals surface area contributed by atoms with Gasteiger partial charge in [-0.1, -0.05) is 243 Å². The zero-order chi connectivity index (χ0) is 45.7. The molecule has 1 nitrogen and oxygen atoms in total. The van der Waals surface area contributed by atoms with E-state index < -0.39 is 5.41 Å². The minimum atomic E-state index is -0.558. The molecule has 0 saturated carbocycles. The molecule has 12 aromatic rings. The Bertz CT molecular complexity index is 3780. The van der Waals surface area contributed by atoms with Crippen LogP contribution in [0.25, 0.3) is 75.8 Å². The van der Waals surface area contributed by atoms with E-state index in [2.05, 4.69) is 278 Å². The standard InChI is InChI=1S/C67H45NS/c1-5-22-46(23-6-1)52-30-13-14-32-56(52)64-53(47-24-7-2-8-25-47)34-20-39-61(64)68(51-44-42-48(43-45-51)54-35-19-36-57-55-31-16-18-41-63(55)69-66(54)57)62-40-21-38-60-65(62)58-33-15-17-37-59(58)67(60,49-26-9-3-10-27-49)50-28-11-4-12-29-50/h1-45H. The first-order chi connectivity index (χ1) is 34.3. The van der Waals surface area contributed by atoms with Crippen molar-refractivity contribution in [2.75, 3.05) is 4.90 Å². The summed E-state index contributed by atoms with van der Waals surface area (Å²) < 4.78 is 2.62. The largest absolute Gasteiger partial charge is 0.309 e. The van der Waals surface area contributed by atoms with Gasteiger partial charge in [0.2, 0.25) is 0 Å². The van der Waals surface area contributed by atoms with Crippen LogP contribution >= 0.6 is 11.3 Å². The van der Waals surface area contributed by atoms with E-state index in [1.165, 1.54) is 98.1 Å². The van der Waals surface area contributed by atoms with Gasteiger partial charge < -0.3 is 4.90 Å². The van der Waals surface area contributed by atoms with Gasteiger partial charge in [-0.2, -0.15) is 0 Å². The van der Waals surface area contributed by atoms with Gasteiger partial charge >= 0.3 is 0 Å². The maximum atomic E-state index is 2.55. The highest BCUT2D eigenvalue weighted by atomic mass is 32.1. The Balaban J connectivity index is 1.12. The molecule has 324 valence electrons. The maximum absolute atomic E-state index is 2.55. The van der Waals surface area contributed by atoms with E-state index in [-0.39, 0.29) is 0 Å². The van der Waals surface area contributed by atoms with Crippen LogP contribution in [0, 0.1) is 0 Å². The lowest BCUT2D eigenvalue weighted by molar-refractivity contribution is 0.768. The van der Waals surface area contributed by atoms with Crippen LogP contribution in [-0.2, 0) is 5.41 Å². The fourth-order valence-electron chi connectivity index (χ4n) is 11.3. The summed E-state index contributed by atoms with van der Waals surface area (Å²) in [5, 5.41) is 2.61. The van der Waals surface area contributed by atoms with Crippen LogP contribution in [0.5, 0.6) is 0 Å². The highest BCUT2D eigenvalue weighted by Gasteiger charge is 2.47. The van der Waals surface area contributed by atoms with Gasteiger partial charge in [0.15, 0.2) is 0 Å². The Morgan fingerprint density at radius 3 is 1.45 bits per heavy atom. The lowest BCUT2D eigenvalue weighted by atomic mass is 9.68. The van der Waals surface area contributed by atoms with Gasteiger partial charge in [0.1, 0.15) is 0 Å². The number of hydrogen-bond acceptors (Lipinski definition) is 2. The van der Waals surface area contributed by atoms with E-state index in [1.54, 1.807) is 0 Å². The molecular weight excluding hydrogens is 851 g/mol. The van der Waals surface area contributed by atoms with Gasteiger partial charge in [0, 0.05) is 37.0 Å². The Hall–Kier alpha value is -8.56. The number of benzene rings is 11. The lowest BCUT2D eigenvalue weighted by Gasteiger charge is -2.35. The average molecular weight is 896 g/mol. The summed E-state index contributed by atoms with van der Waals surface area (Å²) in [6.07, 6.45) is 0. The molecule has 0 atom stereocenters. The molecule has 1 aliphatic rings. The first-order valence-electron chi connectivity index (χ1n) is 23.8. The Morgan fingerprint density at radius 2 is 0.754 bits per heavy atom. The molecule has 1 aromatic heterocycles. The average Bonchev–Trinajstić information content (AvgIpc) is 3.97. The van der Waals surface area contributed by atoms with Crippen LogP contribution in [-0.4, -0.2) is 0 Å². The van der Waals surface area contributed by atoms with E-state index in [0.717, 1.165) is 17.1 Å². The molecule has 0 spiro atoms. The maximum Gasteiger partial charge on any atom is 0.0714 e. The second-order valence-corrected chi connectivity index (χ2v) is 18.9. The summed E-state index contributed by atoms with van der Waals surface area (Å²) >= 11 is 1.88. The summed E-state index contributed by atoms with van der Waals surface area (Å²) in [6, 6.07) is 101. The Labute approximate surface area is 407 Å². The van der Waals surface area contributed by atoms with E-state index >= 15 is 0 Å². The molecule has 0 fully saturated rings. The summed E-state index contributed by atoms with van der Waals surface area (Å²) in [5.41, 5.74) is 19.7. The van der Waals surface area contributed by atoms with Crippen molar-refractivity contribution in [3.63, 3.8) is 0 Å². The molecule has 11 aromatic carbocycles. The topological polar surface area (TPSA) is 3.24 Å². The summed E-state index contributed by atoms with van der Waals surface area (Å²) in [7, 11) is 0. The normalized spacial score (nSPS) is 12.5. The molecule has 2 heteroatoms. The van der Waals surface area contributed by atoms with Crippen molar-refractivity contribution < 1.29 is 0 Å². The second-order valence-electron chi connectivity index (χ2n) is 17.9. The van der Waals surface area contributed by atoms with Crippen LogP contribution in [0.2, 0.25) is 0 Å². The quantitative estimate of drug-likeness (QED) is 0.140. The van der Waals surface area contributed by atoms with Gasteiger partial charge in [0.05, 0.1) is 16.8 Å². The van der Waals surface area contributed by atoms with Crippen LogP contribution in [0.4, 0.5) is 17.1 Å². The number of fused-ring (bicyclic) bond motifs is 6. The van der Waals surface area contributed by atoms with Gasteiger partial charge in [-0.05, 0) is 97.1 Å². The highest BCUT2D eigenvalue weighted by Crippen LogP contribution is 2.60. The van der Waals surface area contributed by atoms with E-state index in [1.807, 2.05) is 11.3 Å². The number of anilines is 3. The van der Waals surface area contributed by atoms with Gasteiger partial charge in [0.25, 0.3) is 0 Å². The Kier molecular flexibility index (Phi) is 10.00. The van der Waals surface area contributed by atoms with Crippen molar-refractivity contribution in [1.82, 2.24) is 0 Å². The third-order valence-electron chi connectivity index (χ3n) is 14.2. The van der Waals surface area contributed by atoms with Crippen molar-refractivity contribution in [3.05, 3.63) is 295 Å². The first-order valence-corrected chi connectivity index (χ1v) is 24.6. The first kappa shape index (κ1) is 40.7. The molecule has 0 saturated heterocycles. The molecule has 0 unspecified atom stereocenters. The number of thiophene rings is 1. The van der Waals surface area contributed by atoms with E-state index in [4.69, 9.17) is 0 Å². The van der Waals surface area contributed by atoms with Crippen molar-refractivity contribution in [2.24, 2.45) is 0 Å². The minimum absolute atomic E-state index is 0.558. The predicted octanol–water partition coefficient (Wildman–Crippen LogP) is 18.6. The molecule has 0 N–H and O–H groups in total. The fourth-order valence-corrected chi connectivity index (χ4v) is 12.5. The lowest BCUT2D eigenvalue weighted by Crippen LogP contribution is -2.28. The monoisotopic (exact) mass is 895 g/mol. The van der Waals surface area contributed by atoms with Crippen LogP contribution in [0.3, 0.4) is 0 Å². The molecule has 1 heterocycles. The number of hydrogen-bond donors (Lipinski definition) is 0. The van der Waals surface area contributed by atoms with Gasteiger partial charge in [-0.15, -0.1) is 11.3 Å². The number of rotatable bonds is 9. The highest BCUT2D eigenvalue weighted by molar-refractivity contribution is 7.26. The molecule has 69 heavy (non-hydrogen) atoms. The van der Waals surface area contributed by atoms with Crippen LogP contribution in [0.15, 0.2) is 273 Å². The molecule has 0 amide bonds. The van der Waals surface area contributed by atoms with Crippen molar-refractivity contribution in [3.8, 4) is 55.6 Å². The predicted molar refractivity (Wildman–Crippen MR) is 293 cm³/mol. The van der Waals surface area contributed by atoms with Crippen LogP contribution in [0.1, 0.15) is 22.3 Å². The van der Waals surface area contributed by atoms with E-state index in [9.17, 15) is 0 Å². The molecule has 1 aliphatic carbocycles. The fraction of sp³-hybridized carbons (Fsp3) is 0.0149. The number of nitrogens with zero attached hydrogens (tertiary/aromatic N) is 1. The molecule has 0 bridgehead atoms. The third-order valence-corrected chi connectivity index (χ3v) is 15.4. The third kappa shape index (κ3) is 6.60. The molecule has 0 aliphatic heterocycles. The van der Waals surface area contributed by atoms with Crippen molar-refractivity contribution in [2.45, 2.75) is 5.41 Å². The van der Waals surface area contributed by atoms with Gasteiger partial charge in [-0.3, -0.25) is 0 Å². The zero-order valence-electron chi connectivity index (χ0n) is 37.8. The summed E-state index contributed by atoms with van der Waals surface area (Å²) in [6.45, 7) is 0. The van der Waals surface area contributed by atoms with Crippen molar-refractivity contribution >= 4 is 48.6 Å². The summed E-state index contributed by atoms with van der Waals surface area (Å²) in [5.74, 6) is 0. The molecule has 13 rings (SSSR count). The minimum Gasteiger partial charge on any atom is -0.309 e. The SMILES string of the molecule is c1ccc(-c2ccccc2-c2c(-c3ccccc3)cccc2N(c2ccc(-c3cccc4c3sc3ccccc34)cc2)c2cccc3c2-c2ccccc2C3(c2ccccc2)c2ccccc2)cc1.